The van der Waals surface area contributed by atoms with Crippen molar-refractivity contribution in [1.82, 2.24) is 14.8 Å². The van der Waals surface area contributed by atoms with Crippen molar-refractivity contribution in [3.05, 3.63) is 30.2 Å². The van der Waals surface area contributed by atoms with Crippen LogP contribution in [0.5, 0.6) is 0 Å². The molecule has 2 rings (SSSR count). The summed E-state index contributed by atoms with van der Waals surface area (Å²) in [6.45, 7) is -1.16. The molecule has 0 spiro atoms. The van der Waals surface area contributed by atoms with E-state index in [2.05, 4.69) is 10.1 Å². The van der Waals surface area contributed by atoms with Crippen LogP contribution in [-0.2, 0) is 9.53 Å². The Morgan fingerprint density at radius 2 is 2.15 bits per heavy atom. The second-order valence-electron chi connectivity index (χ2n) is 6.03. The Morgan fingerprint density at radius 3 is 2.77 bits per heavy atom. The van der Waals surface area contributed by atoms with E-state index in [-0.39, 0.29) is 17.5 Å². The summed E-state index contributed by atoms with van der Waals surface area (Å²) in [5.74, 6) is -1.28. The topological polar surface area (TPSA) is 103 Å². The number of anilines is 1. The Morgan fingerprint density at radius 1 is 1.42 bits per heavy atom. The predicted molar refractivity (Wildman–Crippen MR) is 91.5 cm³/mol. The number of aromatic nitrogens is 3. The number of nitrogens with zero attached hydrogens (tertiary/aromatic N) is 3. The number of ether oxygens (including phenoxy) is 1. The van der Waals surface area contributed by atoms with Gasteiger partial charge in [0.1, 0.15) is 0 Å². The third kappa shape index (κ3) is 4.54. The van der Waals surface area contributed by atoms with Gasteiger partial charge in [-0.25, -0.2) is 4.68 Å². The van der Waals surface area contributed by atoms with E-state index in [1.807, 2.05) is 0 Å². The lowest BCUT2D eigenvalue weighted by atomic mass is 10.0. The van der Waals surface area contributed by atoms with Crippen molar-refractivity contribution in [2.75, 3.05) is 12.8 Å². The number of nitrogens with two attached hydrogens (primary N) is 1. The van der Waals surface area contributed by atoms with Crippen molar-refractivity contribution in [2.45, 2.75) is 38.8 Å². The summed E-state index contributed by atoms with van der Waals surface area (Å²) in [5.41, 5.74) is 7.08. The number of alkyl halides is 2. The molecule has 3 N–H and O–H groups in total. The van der Waals surface area contributed by atoms with Gasteiger partial charge < -0.3 is 15.6 Å². The zero-order chi connectivity index (χ0) is 19.3. The number of carbonyl (C=O) groups is 1. The number of halogens is 2. The molecule has 0 aliphatic rings. The smallest absolute Gasteiger partial charge is 0.333 e. The third-order valence-corrected chi connectivity index (χ3v) is 4.20. The number of hydrogen-bond donors (Lipinski definition) is 2. The molecule has 0 aromatic carbocycles. The fourth-order valence-corrected chi connectivity index (χ4v) is 2.71. The Labute approximate surface area is 149 Å². The molecule has 0 aliphatic heterocycles. The second-order valence-corrected chi connectivity index (χ2v) is 6.03. The molecule has 0 fully saturated rings. The molecule has 0 unspecified atom stereocenters. The van der Waals surface area contributed by atoms with Gasteiger partial charge in [-0.2, -0.15) is 13.9 Å². The predicted octanol–water partition coefficient (Wildman–Crippen LogP) is 3.50. The van der Waals surface area contributed by atoms with Gasteiger partial charge in [-0.1, -0.05) is 6.92 Å². The van der Waals surface area contributed by atoms with E-state index >= 15 is 0 Å². The SMILES string of the molecule is CO[C@@H](CCC[C@@H](C)C(=O)O)c1cc(-c2c(N)cnn2C(F)F)ccn1. The number of carboxylic acid groups (broad SMARTS) is 1. The van der Waals surface area contributed by atoms with Crippen LogP contribution in [0.25, 0.3) is 11.3 Å². The third-order valence-electron chi connectivity index (χ3n) is 4.20. The Kier molecular flexibility index (Phi) is 6.62. The first kappa shape index (κ1) is 19.8. The van der Waals surface area contributed by atoms with Crippen LogP contribution in [0.15, 0.2) is 24.5 Å². The van der Waals surface area contributed by atoms with E-state index < -0.39 is 18.4 Å². The molecule has 9 heteroatoms. The van der Waals surface area contributed by atoms with E-state index in [1.165, 1.54) is 19.5 Å². The second kappa shape index (κ2) is 8.70. The van der Waals surface area contributed by atoms with Gasteiger partial charge in [0.15, 0.2) is 0 Å². The maximum atomic E-state index is 13.1. The highest BCUT2D eigenvalue weighted by molar-refractivity contribution is 5.72. The Bertz CT molecular complexity index is 751. The average Bonchev–Trinajstić information content (AvgIpc) is 3.00. The molecule has 142 valence electrons. The molecule has 2 heterocycles. The number of nitrogen functional groups attached to an aromatic ring is 1. The highest BCUT2D eigenvalue weighted by Gasteiger charge is 2.20. The summed E-state index contributed by atoms with van der Waals surface area (Å²) in [5, 5.41) is 12.5. The fraction of sp³-hybridized carbons (Fsp3) is 0.471. The van der Waals surface area contributed by atoms with Crippen LogP contribution in [0.3, 0.4) is 0 Å². The van der Waals surface area contributed by atoms with E-state index in [0.29, 0.717) is 35.2 Å². The van der Waals surface area contributed by atoms with Gasteiger partial charge in [-0.05, 0) is 31.4 Å². The molecular formula is C17H22F2N4O3. The molecule has 2 aromatic rings. The summed E-state index contributed by atoms with van der Waals surface area (Å²) in [6.07, 6.45) is 4.02. The van der Waals surface area contributed by atoms with Gasteiger partial charge in [0.2, 0.25) is 0 Å². The maximum Gasteiger partial charge on any atom is 0.333 e. The molecule has 0 saturated carbocycles. The zero-order valence-corrected chi connectivity index (χ0v) is 14.6. The van der Waals surface area contributed by atoms with Gasteiger partial charge >= 0.3 is 12.5 Å². The highest BCUT2D eigenvalue weighted by atomic mass is 19.3. The molecule has 0 saturated heterocycles. The highest BCUT2D eigenvalue weighted by Crippen LogP contribution is 2.31. The first-order valence-corrected chi connectivity index (χ1v) is 8.18. The van der Waals surface area contributed by atoms with Crippen molar-refractivity contribution >= 4 is 11.7 Å². The van der Waals surface area contributed by atoms with Crippen molar-refractivity contribution < 1.29 is 23.4 Å². The first-order valence-electron chi connectivity index (χ1n) is 8.18. The minimum absolute atomic E-state index is 0.123. The lowest BCUT2D eigenvalue weighted by molar-refractivity contribution is -0.141. The van der Waals surface area contributed by atoms with Crippen molar-refractivity contribution in [3.8, 4) is 11.3 Å². The van der Waals surface area contributed by atoms with Gasteiger partial charge in [-0.3, -0.25) is 9.78 Å². The van der Waals surface area contributed by atoms with Crippen LogP contribution < -0.4 is 5.73 Å². The fourth-order valence-electron chi connectivity index (χ4n) is 2.71. The van der Waals surface area contributed by atoms with E-state index in [1.54, 1.807) is 19.1 Å². The van der Waals surface area contributed by atoms with E-state index in [0.717, 1.165) is 0 Å². The summed E-state index contributed by atoms with van der Waals surface area (Å²) in [7, 11) is 1.53. The molecule has 26 heavy (non-hydrogen) atoms. The number of hydrogen-bond acceptors (Lipinski definition) is 5. The molecule has 7 nitrogen and oxygen atoms in total. The number of rotatable bonds is 9. The molecule has 2 aromatic heterocycles. The number of pyridine rings is 1. The lowest BCUT2D eigenvalue weighted by Gasteiger charge is -2.16. The van der Waals surface area contributed by atoms with E-state index in [4.69, 9.17) is 15.6 Å². The largest absolute Gasteiger partial charge is 0.481 e. The summed E-state index contributed by atoms with van der Waals surface area (Å²) >= 11 is 0. The Hall–Kier alpha value is -2.55. The van der Waals surface area contributed by atoms with Crippen molar-refractivity contribution in [3.63, 3.8) is 0 Å². The molecule has 0 bridgehead atoms. The van der Waals surface area contributed by atoms with Gasteiger partial charge in [0.25, 0.3) is 0 Å². The van der Waals surface area contributed by atoms with E-state index in [9.17, 15) is 13.6 Å². The standard InChI is InChI=1S/C17H22F2N4O3/c1-10(16(24)25)4-3-5-14(26-2)13-8-11(6-7-21-13)15-12(20)9-22-23(15)17(18)19/h6-10,14,17H,3-5,20H2,1-2H3,(H,24,25)/t10-,14+/m1/s1. The Balaban J connectivity index is 2.19. The number of aliphatic carboxylic acids is 1. The zero-order valence-electron chi connectivity index (χ0n) is 14.6. The van der Waals surface area contributed by atoms with Crippen LogP contribution in [0.1, 0.15) is 44.5 Å². The number of carboxylic acids is 1. The first-order chi connectivity index (χ1) is 12.3. The minimum atomic E-state index is -2.81. The minimum Gasteiger partial charge on any atom is -0.481 e. The average molecular weight is 368 g/mol. The molecular weight excluding hydrogens is 346 g/mol. The molecule has 0 aliphatic carbocycles. The normalized spacial score (nSPS) is 13.7. The summed E-state index contributed by atoms with van der Waals surface area (Å²) < 4.78 is 32.2. The maximum absolute atomic E-state index is 13.1. The monoisotopic (exact) mass is 368 g/mol. The van der Waals surface area contributed by atoms with Crippen LogP contribution >= 0.6 is 0 Å². The van der Waals surface area contributed by atoms with Gasteiger partial charge in [0, 0.05) is 18.9 Å². The molecule has 0 radical (unpaired) electrons. The van der Waals surface area contributed by atoms with Gasteiger partial charge in [-0.15, -0.1) is 0 Å². The van der Waals surface area contributed by atoms with Crippen LogP contribution in [0.4, 0.5) is 14.5 Å². The van der Waals surface area contributed by atoms with Crippen molar-refractivity contribution in [1.29, 1.82) is 0 Å². The quantitative estimate of drug-likeness (QED) is 0.702. The van der Waals surface area contributed by atoms with Gasteiger partial charge in [0.05, 0.1) is 35.3 Å². The van der Waals surface area contributed by atoms with Crippen LogP contribution in [0.2, 0.25) is 0 Å². The van der Waals surface area contributed by atoms with Crippen molar-refractivity contribution in [2.24, 2.45) is 5.92 Å². The molecule has 2 atom stereocenters. The molecule has 0 amide bonds. The summed E-state index contributed by atoms with van der Waals surface area (Å²) in [6, 6.07) is 3.22. The van der Waals surface area contributed by atoms with Crippen LogP contribution in [-0.4, -0.2) is 33.0 Å². The summed E-state index contributed by atoms with van der Waals surface area (Å²) in [4.78, 5) is 15.1. The van der Waals surface area contributed by atoms with Crippen LogP contribution in [0, 0.1) is 5.92 Å². The number of methoxy groups -OCH3 is 1. The lowest BCUT2D eigenvalue weighted by Crippen LogP contribution is -2.11.